The van der Waals surface area contributed by atoms with Crippen LogP contribution in [0.3, 0.4) is 0 Å². The summed E-state index contributed by atoms with van der Waals surface area (Å²) in [6, 6.07) is 8.00. The fraction of sp³-hybridized carbons (Fsp3) is 0.267. The SMILES string of the molecule is O=C(O)c1cncnc1CNC1CCOc2ccccc21. The molecular weight excluding hydrogens is 270 g/mol. The third-order valence-corrected chi connectivity index (χ3v) is 3.50. The summed E-state index contributed by atoms with van der Waals surface area (Å²) in [5.41, 5.74) is 1.71. The zero-order valence-electron chi connectivity index (χ0n) is 11.3. The lowest BCUT2D eigenvalue weighted by molar-refractivity contribution is 0.0694. The van der Waals surface area contributed by atoms with Crippen molar-refractivity contribution in [2.75, 3.05) is 6.61 Å². The molecule has 0 bridgehead atoms. The fourth-order valence-corrected chi connectivity index (χ4v) is 2.45. The molecule has 21 heavy (non-hydrogen) atoms. The summed E-state index contributed by atoms with van der Waals surface area (Å²) in [6.07, 6.45) is 3.52. The van der Waals surface area contributed by atoms with E-state index < -0.39 is 5.97 Å². The Morgan fingerprint density at radius 2 is 2.29 bits per heavy atom. The van der Waals surface area contributed by atoms with Crippen LogP contribution in [0.4, 0.5) is 0 Å². The van der Waals surface area contributed by atoms with Gasteiger partial charge in [-0.2, -0.15) is 0 Å². The molecule has 108 valence electrons. The van der Waals surface area contributed by atoms with Crippen molar-refractivity contribution in [1.82, 2.24) is 15.3 Å². The van der Waals surface area contributed by atoms with Gasteiger partial charge in [-0.3, -0.25) is 0 Å². The molecule has 2 aromatic rings. The molecule has 1 aliphatic heterocycles. The van der Waals surface area contributed by atoms with E-state index in [1.165, 1.54) is 12.5 Å². The van der Waals surface area contributed by atoms with Crippen molar-refractivity contribution in [3.8, 4) is 5.75 Å². The highest BCUT2D eigenvalue weighted by Gasteiger charge is 2.21. The monoisotopic (exact) mass is 285 g/mol. The molecule has 6 nitrogen and oxygen atoms in total. The molecule has 0 amide bonds. The molecule has 0 spiro atoms. The first kappa shape index (κ1) is 13.5. The van der Waals surface area contributed by atoms with Crippen molar-refractivity contribution in [1.29, 1.82) is 0 Å². The predicted octanol–water partition coefficient (Wildman–Crippen LogP) is 1.79. The molecule has 0 fully saturated rings. The first-order chi connectivity index (χ1) is 10.3. The fourth-order valence-electron chi connectivity index (χ4n) is 2.45. The number of nitrogens with zero attached hydrogens (tertiary/aromatic N) is 2. The summed E-state index contributed by atoms with van der Waals surface area (Å²) in [5.74, 6) is -0.137. The number of para-hydroxylation sites is 1. The van der Waals surface area contributed by atoms with E-state index in [1.54, 1.807) is 0 Å². The van der Waals surface area contributed by atoms with Gasteiger partial charge < -0.3 is 15.2 Å². The van der Waals surface area contributed by atoms with Crippen LogP contribution in [-0.4, -0.2) is 27.7 Å². The second-order valence-corrected chi connectivity index (χ2v) is 4.80. The van der Waals surface area contributed by atoms with Crippen molar-refractivity contribution in [3.05, 3.63) is 53.6 Å². The predicted molar refractivity (Wildman–Crippen MR) is 75.1 cm³/mol. The summed E-state index contributed by atoms with van der Waals surface area (Å²) < 4.78 is 5.61. The maximum Gasteiger partial charge on any atom is 0.339 e. The summed E-state index contributed by atoms with van der Waals surface area (Å²) in [6.45, 7) is 1.02. The second kappa shape index (κ2) is 5.88. The Morgan fingerprint density at radius 1 is 1.43 bits per heavy atom. The first-order valence-electron chi connectivity index (χ1n) is 6.73. The largest absolute Gasteiger partial charge is 0.493 e. The Bertz CT molecular complexity index is 660. The Morgan fingerprint density at radius 3 is 3.14 bits per heavy atom. The zero-order chi connectivity index (χ0) is 14.7. The number of nitrogens with one attached hydrogen (secondary N) is 1. The first-order valence-corrected chi connectivity index (χ1v) is 6.73. The van der Waals surface area contributed by atoms with Crippen molar-refractivity contribution in [3.63, 3.8) is 0 Å². The van der Waals surface area contributed by atoms with Gasteiger partial charge in [0.15, 0.2) is 0 Å². The molecule has 0 radical (unpaired) electrons. The third kappa shape index (κ3) is 2.85. The van der Waals surface area contributed by atoms with Crippen LogP contribution in [0.15, 0.2) is 36.8 Å². The quantitative estimate of drug-likeness (QED) is 0.891. The number of hydrogen-bond donors (Lipinski definition) is 2. The molecule has 0 aliphatic carbocycles. The molecule has 2 heterocycles. The number of benzene rings is 1. The Balaban J connectivity index is 1.76. The molecule has 2 N–H and O–H groups in total. The van der Waals surface area contributed by atoms with Crippen molar-refractivity contribution >= 4 is 5.97 Å². The van der Waals surface area contributed by atoms with Crippen LogP contribution in [0.5, 0.6) is 5.75 Å². The van der Waals surface area contributed by atoms with E-state index in [2.05, 4.69) is 15.3 Å². The number of aromatic nitrogens is 2. The molecule has 0 saturated heterocycles. The average Bonchev–Trinajstić information content (AvgIpc) is 2.53. The lowest BCUT2D eigenvalue weighted by Gasteiger charge is -2.26. The van der Waals surface area contributed by atoms with Gasteiger partial charge in [-0.05, 0) is 6.07 Å². The Hall–Kier alpha value is -2.47. The second-order valence-electron chi connectivity index (χ2n) is 4.80. The lowest BCUT2D eigenvalue weighted by atomic mass is 10.0. The number of hydrogen-bond acceptors (Lipinski definition) is 5. The molecule has 1 aromatic heterocycles. The van der Waals surface area contributed by atoms with Crippen LogP contribution in [0.25, 0.3) is 0 Å². The molecule has 3 rings (SSSR count). The highest BCUT2D eigenvalue weighted by atomic mass is 16.5. The normalized spacial score (nSPS) is 16.9. The summed E-state index contributed by atoms with van der Waals surface area (Å²) in [4.78, 5) is 19.0. The average molecular weight is 285 g/mol. The minimum absolute atomic E-state index is 0.130. The van der Waals surface area contributed by atoms with Gasteiger partial charge in [-0.25, -0.2) is 14.8 Å². The number of fused-ring (bicyclic) bond motifs is 1. The molecule has 1 atom stereocenters. The maximum absolute atomic E-state index is 11.1. The summed E-state index contributed by atoms with van der Waals surface area (Å²) in [5, 5.41) is 12.5. The molecule has 6 heteroatoms. The number of carboxylic acid groups (broad SMARTS) is 1. The number of ether oxygens (including phenoxy) is 1. The van der Waals surface area contributed by atoms with E-state index in [0.717, 1.165) is 17.7 Å². The minimum atomic E-state index is -1.01. The summed E-state index contributed by atoms with van der Waals surface area (Å²) >= 11 is 0. The molecular formula is C15H15N3O3. The van der Waals surface area contributed by atoms with E-state index in [1.807, 2.05) is 24.3 Å². The van der Waals surface area contributed by atoms with Gasteiger partial charge in [0.25, 0.3) is 0 Å². The number of rotatable bonds is 4. The molecule has 1 unspecified atom stereocenters. The third-order valence-electron chi connectivity index (χ3n) is 3.50. The van der Waals surface area contributed by atoms with Gasteiger partial charge in [-0.1, -0.05) is 18.2 Å². The van der Waals surface area contributed by atoms with Crippen LogP contribution < -0.4 is 10.1 Å². The molecule has 1 aliphatic rings. The Labute approximate surface area is 121 Å². The highest BCUT2D eigenvalue weighted by molar-refractivity contribution is 5.88. The van der Waals surface area contributed by atoms with Crippen molar-refractivity contribution < 1.29 is 14.6 Å². The highest BCUT2D eigenvalue weighted by Crippen LogP contribution is 2.31. The topological polar surface area (TPSA) is 84.3 Å². The van der Waals surface area contributed by atoms with Gasteiger partial charge in [0.2, 0.25) is 0 Å². The zero-order valence-corrected chi connectivity index (χ0v) is 11.3. The molecule has 0 saturated carbocycles. The van der Waals surface area contributed by atoms with Crippen LogP contribution >= 0.6 is 0 Å². The van der Waals surface area contributed by atoms with Crippen molar-refractivity contribution in [2.45, 2.75) is 19.0 Å². The van der Waals surface area contributed by atoms with Gasteiger partial charge in [0, 0.05) is 30.8 Å². The standard InChI is InChI=1S/C15H15N3O3/c19-15(20)11-7-16-9-18-13(11)8-17-12-5-6-21-14-4-2-1-3-10(12)14/h1-4,7,9,12,17H,5-6,8H2,(H,19,20). The van der Waals surface area contributed by atoms with Crippen LogP contribution in [0, 0.1) is 0 Å². The van der Waals surface area contributed by atoms with Crippen LogP contribution in [0.2, 0.25) is 0 Å². The van der Waals surface area contributed by atoms with E-state index >= 15 is 0 Å². The minimum Gasteiger partial charge on any atom is -0.493 e. The van der Waals surface area contributed by atoms with Crippen LogP contribution in [-0.2, 0) is 6.54 Å². The van der Waals surface area contributed by atoms with E-state index in [9.17, 15) is 4.79 Å². The molecule has 1 aromatic carbocycles. The van der Waals surface area contributed by atoms with Gasteiger partial charge >= 0.3 is 5.97 Å². The number of carbonyl (C=O) groups is 1. The van der Waals surface area contributed by atoms with Gasteiger partial charge in [0.05, 0.1) is 12.3 Å². The smallest absolute Gasteiger partial charge is 0.339 e. The number of aromatic carboxylic acids is 1. The van der Waals surface area contributed by atoms with Crippen LogP contribution in [0.1, 0.15) is 34.1 Å². The van der Waals surface area contributed by atoms with E-state index in [0.29, 0.717) is 18.8 Å². The Kier molecular flexibility index (Phi) is 3.79. The van der Waals surface area contributed by atoms with E-state index in [-0.39, 0.29) is 11.6 Å². The van der Waals surface area contributed by atoms with Crippen molar-refractivity contribution in [2.24, 2.45) is 0 Å². The van der Waals surface area contributed by atoms with Gasteiger partial charge in [0.1, 0.15) is 17.6 Å². The lowest BCUT2D eigenvalue weighted by Crippen LogP contribution is -2.27. The van der Waals surface area contributed by atoms with Gasteiger partial charge in [-0.15, -0.1) is 0 Å². The van der Waals surface area contributed by atoms with E-state index in [4.69, 9.17) is 9.84 Å². The maximum atomic E-state index is 11.1. The summed E-state index contributed by atoms with van der Waals surface area (Å²) in [7, 11) is 0. The number of carboxylic acids is 1.